The molecule has 0 amide bonds. The lowest BCUT2D eigenvalue weighted by atomic mass is 10.1. The number of hydrogen-bond acceptors (Lipinski definition) is 9. The summed E-state index contributed by atoms with van der Waals surface area (Å²) in [6, 6.07) is 7.95. The van der Waals surface area contributed by atoms with Crippen LogP contribution in [0.4, 0.5) is 30.8 Å². The molecule has 3 aromatic heterocycles. The standard InChI is InChI=1S/C24H26F3N7O2/c1-35-21-15-17(4-6-28-21)19-16-20(31-23(30-19)34-11-13-36-14-12-34)32-7-9-33(10-8-32)22-18(24(25,26)27)3-2-5-29-22/h2-6,15-16H,7-14H2,1H3. The minimum Gasteiger partial charge on any atom is -0.481 e. The molecule has 5 rings (SSSR count). The van der Waals surface area contributed by atoms with Gasteiger partial charge in [-0.25, -0.2) is 15.0 Å². The lowest BCUT2D eigenvalue weighted by Crippen LogP contribution is -2.48. The third-order valence-corrected chi connectivity index (χ3v) is 6.23. The fraction of sp³-hybridized carbons (Fsp3) is 0.417. The molecule has 0 unspecified atom stereocenters. The summed E-state index contributed by atoms with van der Waals surface area (Å²) in [5, 5.41) is 0. The van der Waals surface area contributed by atoms with E-state index >= 15 is 0 Å². The average molecular weight is 502 g/mol. The average Bonchev–Trinajstić information content (AvgIpc) is 2.93. The van der Waals surface area contributed by atoms with Crippen LogP contribution in [0.1, 0.15) is 5.56 Å². The van der Waals surface area contributed by atoms with Crippen molar-refractivity contribution in [2.45, 2.75) is 6.18 Å². The Labute approximate surface area is 206 Å². The van der Waals surface area contributed by atoms with Crippen LogP contribution in [0.15, 0.2) is 42.7 Å². The molecule has 0 aromatic carbocycles. The van der Waals surface area contributed by atoms with Crippen LogP contribution < -0.4 is 19.4 Å². The summed E-state index contributed by atoms with van der Waals surface area (Å²) in [5.74, 6) is 1.75. The van der Waals surface area contributed by atoms with Gasteiger partial charge in [-0.3, -0.25) is 0 Å². The fourth-order valence-electron chi connectivity index (χ4n) is 4.33. The lowest BCUT2D eigenvalue weighted by Gasteiger charge is -2.37. The van der Waals surface area contributed by atoms with Crippen molar-refractivity contribution >= 4 is 17.6 Å². The first-order valence-corrected chi connectivity index (χ1v) is 11.7. The zero-order chi connectivity index (χ0) is 25.1. The van der Waals surface area contributed by atoms with Crippen LogP contribution in [0, 0.1) is 0 Å². The number of halogens is 3. The maximum Gasteiger partial charge on any atom is 0.419 e. The van der Waals surface area contributed by atoms with Gasteiger partial charge >= 0.3 is 6.18 Å². The smallest absolute Gasteiger partial charge is 0.419 e. The van der Waals surface area contributed by atoms with Crippen molar-refractivity contribution in [3.05, 3.63) is 48.3 Å². The summed E-state index contributed by atoms with van der Waals surface area (Å²) in [7, 11) is 1.56. The third-order valence-electron chi connectivity index (χ3n) is 6.23. The molecular weight excluding hydrogens is 475 g/mol. The summed E-state index contributed by atoms with van der Waals surface area (Å²) < 4.78 is 51.3. The van der Waals surface area contributed by atoms with Crippen molar-refractivity contribution in [3.8, 4) is 17.1 Å². The predicted octanol–water partition coefficient (Wildman–Crippen LogP) is 3.12. The monoisotopic (exact) mass is 501 g/mol. The number of nitrogens with zero attached hydrogens (tertiary/aromatic N) is 7. The molecule has 5 heterocycles. The largest absolute Gasteiger partial charge is 0.481 e. The van der Waals surface area contributed by atoms with Gasteiger partial charge in [0.15, 0.2) is 0 Å². The SMILES string of the molecule is COc1cc(-c2cc(N3CCN(c4ncccc4C(F)(F)F)CC3)nc(N3CCOCC3)n2)ccn1. The Bertz CT molecular complexity index is 1200. The highest BCUT2D eigenvalue weighted by molar-refractivity contribution is 5.66. The van der Waals surface area contributed by atoms with E-state index < -0.39 is 11.7 Å². The maximum atomic E-state index is 13.5. The zero-order valence-electron chi connectivity index (χ0n) is 19.8. The molecule has 2 aliphatic heterocycles. The molecule has 0 spiro atoms. The molecule has 0 N–H and O–H groups in total. The summed E-state index contributed by atoms with van der Waals surface area (Å²) in [6.07, 6.45) is -1.40. The van der Waals surface area contributed by atoms with Gasteiger partial charge in [-0.2, -0.15) is 18.2 Å². The second-order valence-electron chi connectivity index (χ2n) is 8.44. The van der Waals surface area contributed by atoms with Gasteiger partial charge in [0.05, 0.1) is 31.6 Å². The molecule has 2 fully saturated rings. The van der Waals surface area contributed by atoms with E-state index in [9.17, 15) is 13.2 Å². The van der Waals surface area contributed by atoms with Crippen LogP contribution in [0.3, 0.4) is 0 Å². The molecule has 0 atom stereocenters. The van der Waals surface area contributed by atoms with Crippen molar-refractivity contribution in [1.82, 2.24) is 19.9 Å². The topological polar surface area (TPSA) is 79.7 Å². The number of rotatable bonds is 5. The van der Waals surface area contributed by atoms with Crippen LogP contribution in [-0.4, -0.2) is 79.5 Å². The minimum atomic E-state index is -4.46. The van der Waals surface area contributed by atoms with Gasteiger partial charge in [0, 0.05) is 69.4 Å². The molecule has 12 heteroatoms. The number of methoxy groups -OCH3 is 1. The van der Waals surface area contributed by atoms with E-state index in [4.69, 9.17) is 19.4 Å². The maximum absolute atomic E-state index is 13.5. The first-order chi connectivity index (χ1) is 17.4. The molecule has 3 aromatic rings. The van der Waals surface area contributed by atoms with E-state index in [0.717, 1.165) is 11.6 Å². The first kappa shape index (κ1) is 24.0. The number of ether oxygens (including phenoxy) is 2. The van der Waals surface area contributed by atoms with Gasteiger partial charge in [0.2, 0.25) is 11.8 Å². The number of alkyl halides is 3. The Balaban J connectivity index is 1.42. The predicted molar refractivity (Wildman–Crippen MR) is 129 cm³/mol. The molecule has 2 aliphatic rings. The Hall–Kier alpha value is -3.67. The Morgan fingerprint density at radius 1 is 0.861 bits per heavy atom. The van der Waals surface area contributed by atoms with Gasteiger partial charge in [-0.1, -0.05) is 0 Å². The van der Waals surface area contributed by atoms with E-state index in [-0.39, 0.29) is 5.82 Å². The number of hydrogen-bond donors (Lipinski definition) is 0. The van der Waals surface area contributed by atoms with Crippen LogP contribution in [-0.2, 0) is 10.9 Å². The number of piperazine rings is 1. The second kappa shape index (κ2) is 10.1. The molecule has 2 saturated heterocycles. The molecule has 0 radical (unpaired) electrons. The Kier molecular flexibility index (Phi) is 6.77. The molecule has 190 valence electrons. The van der Waals surface area contributed by atoms with Crippen molar-refractivity contribution in [3.63, 3.8) is 0 Å². The van der Waals surface area contributed by atoms with Gasteiger partial charge in [0.1, 0.15) is 11.6 Å². The third kappa shape index (κ3) is 5.13. The van der Waals surface area contributed by atoms with E-state index in [1.54, 1.807) is 18.2 Å². The molecule has 36 heavy (non-hydrogen) atoms. The lowest BCUT2D eigenvalue weighted by molar-refractivity contribution is -0.137. The zero-order valence-corrected chi connectivity index (χ0v) is 19.8. The highest BCUT2D eigenvalue weighted by atomic mass is 19.4. The fourth-order valence-corrected chi connectivity index (χ4v) is 4.33. The van der Waals surface area contributed by atoms with Crippen LogP contribution in [0.5, 0.6) is 5.88 Å². The number of pyridine rings is 2. The van der Waals surface area contributed by atoms with Crippen LogP contribution >= 0.6 is 0 Å². The molecule has 9 nitrogen and oxygen atoms in total. The second-order valence-corrected chi connectivity index (χ2v) is 8.44. The van der Waals surface area contributed by atoms with E-state index in [0.29, 0.717) is 75.8 Å². The Morgan fingerprint density at radius 2 is 1.61 bits per heavy atom. The summed E-state index contributed by atoms with van der Waals surface area (Å²) in [6.45, 7) is 4.29. The number of morpholine rings is 1. The highest BCUT2D eigenvalue weighted by Gasteiger charge is 2.36. The summed E-state index contributed by atoms with van der Waals surface area (Å²) in [4.78, 5) is 23.7. The number of aromatic nitrogens is 4. The van der Waals surface area contributed by atoms with Gasteiger partial charge in [-0.05, 0) is 18.2 Å². The summed E-state index contributed by atoms with van der Waals surface area (Å²) >= 11 is 0. The van der Waals surface area contributed by atoms with E-state index in [1.165, 1.54) is 12.3 Å². The van der Waals surface area contributed by atoms with E-state index in [1.807, 2.05) is 18.2 Å². The quantitative estimate of drug-likeness (QED) is 0.524. The van der Waals surface area contributed by atoms with Crippen LogP contribution in [0.25, 0.3) is 11.3 Å². The van der Waals surface area contributed by atoms with Gasteiger partial charge in [0.25, 0.3) is 0 Å². The molecule has 0 saturated carbocycles. The normalized spacial score (nSPS) is 16.8. The summed E-state index contributed by atoms with van der Waals surface area (Å²) in [5.41, 5.74) is 0.833. The molecule has 0 bridgehead atoms. The van der Waals surface area contributed by atoms with Gasteiger partial charge in [-0.15, -0.1) is 0 Å². The van der Waals surface area contributed by atoms with Crippen molar-refractivity contribution in [1.29, 1.82) is 0 Å². The van der Waals surface area contributed by atoms with Gasteiger partial charge < -0.3 is 24.2 Å². The van der Waals surface area contributed by atoms with E-state index in [2.05, 4.69) is 19.8 Å². The van der Waals surface area contributed by atoms with Crippen molar-refractivity contribution in [2.75, 3.05) is 74.3 Å². The van der Waals surface area contributed by atoms with Crippen LogP contribution in [0.2, 0.25) is 0 Å². The first-order valence-electron chi connectivity index (χ1n) is 11.7. The Morgan fingerprint density at radius 3 is 2.33 bits per heavy atom. The van der Waals surface area contributed by atoms with Crippen molar-refractivity contribution < 1.29 is 22.6 Å². The molecule has 0 aliphatic carbocycles. The van der Waals surface area contributed by atoms with Crippen molar-refractivity contribution in [2.24, 2.45) is 0 Å². The minimum absolute atomic E-state index is 0.0362. The number of anilines is 3. The molecular formula is C24H26F3N7O2. The highest BCUT2D eigenvalue weighted by Crippen LogP contribution is 2.36.